The standard InChI is InChI=1S/C16H34O4S.K/c1-3-5-7-8-9-11-13-16(21(18,19)20)14-15(17)12-10-6-4-2;/h15-17H,3-14H2,1-2H3,(H,18,19,20);/q;+1/p-1. The van der Waals surface area contributed by atoms with Gasteiger partial charge in [0.1, 0.15) is 0 Å². The summed E-state index contributed by atoms with van der Waals surface area (Å²) < 4.78 is 33.9. The molecule has 0 amide bonds. The molecule has 0 radical (unpaired) electrons. The molecule has 0 bridgehead atoms. The third-order valence-corrected chi connectivity index (χ3v) is 5.21. The molecule has 0 aromatic heterocycles. The van der Waals surface area contributed by atoms with Crippen molar-refractivity contribution in [3.63, 3.8) is 0 Å². The second kappa shape index (κ2) is 16.0. The molecule has 0 fully saturated rings. The summed E-state index contributed by atoms with van der Waals surface area (Å²) in [7, 11) is -4.30. The van der Waals surface area contributed by atoms with Crippen LogP contribution in [-0.4, -0.2) is 29.4 Å². The van der Waals surface area contributed by atoms with Gasteiger partial charge in [0.15, 0.2) is 0 Å². The summed E-state index contributed by atoms with van der Waals surface area (Å²) in [6.07, 6.45) is 9.80. The molecule has 4 nitrogen and oxygen atoms in total. The Bertz CT molecular complexity index is 333. The maximum atomic E-state index is 11.3. The molecule has 0 spiro atoms. The summed E-state index contributed by atoms with van der Waals surface area (Å²) in [6, 6.07) is 0. The van der Waals surface area contributed by atoms with Crippen LogP contribution >= 0.6 is 0 Å². The SMILES string of the molecule is CCCCCCCCC(CC(O)CCCCC)S(=O)(=O)[O-].[K+]. The summed E-state index contributed by atoms with van der Waals surface area (Å²) in [6.45, 7) is 4.23. The molecule has 0 aliphatic heterocycles. The van der Waals surface area contributed by atoms with Gasteiger partial charge in [0, 0.05) is 0 Å². The van der Waals surface area contributed by atoms with Gasteiger partial charge in [-0.25, -0.2) is 8.42 Å². The predicted molar refractivity (Wildman–Crippen MR) is 86.2 cm³/mol. The first-order valence-electron chi connectivity index (χ1n) is 8.54. The van der Waals surface area contributed by atoms with Crippen LogP contribution in [0.3, 0.4) is 0 Å². The fourth-order valence-corrected chi connectivity index (χ4v) is 3.50. The van der Waals surface area contributed by atoms with E-state index in [1.807, 2.05) is 0 Å². The monoisotopic (exact) mass is 360 g/mol. The average Bonchev–Trinajstić information content (AvgIpc) is 2.40. The molecule has 0 saturated carbocycles. The topological polar surface area (TPSA) is 77.4 Å². The van der Waals surface area contributed by atoms with E-state index in [2.05, 4.69) is 13.8 Å². The predicted octanol–water partition coefficient (Wildman–Crippen LogP) is 0.986. The summed E-state index contributed by atoms with van der Waals surface area (Å²) >= 11 is 0. The molecule has 0 aromatic rings. The minimum absolute atomic E-state index is 0. The fraction of sp³-hybridized carbons (Fsp3) is 1.00. The van der Waals surface area contributed by atoms with Crippen LogP contribution in [0.2, 0.25) is 0 Å². The van der Waals surface area contributed by atoms with E-state index in [1.54, 1.807) is 0 Å². The molecule has 0 aliphatic carbocycles. The van der Waals surface area contributed by atoms with Crippen molar-refractivity contribution in [3.05, 3.63) is 0 Å². The molecule has 0 rings (SSSR count). The molecule has 2 atom stereocenters. The van der Waals surface area contributed by atoms with Crippen molar-refractivity contribution < 1.29 is 69.5 Å². The van der Waals surface area contributed by atoms with Gasteiger partial charge in [-0.2, -0.15) is 0 Å². The molecule has 128 valence electrons. The Labute approximate surface area is 180 Å². The van der Waals surface area contributed by atoms with Gasteiger partial charge in [0.25, 0.3) is 0 Å². The Balaban J connectivity index is 0. The van der Waals surface area contributed by atoms with E-state index < -0.39 is 21.5 Å². The number of rotatable bonds is 14. The molecular weight excluding hydrogens is 327 g/mol. The molecule has 0 heterocycles. The second-order valence-corrected chi connectivity index (χ2v) is 7.71. The van der Waals surface area contributed by atoms with Crippen molar-refractivity contribution in [1.82, 2.24) is 0 Å². The first-order valence-corrected chi connectivity index (χ1v) is 10.0. The summed E-state index contributed by atoms with van der Waals surface area (Å²) in [5.74, 6) is 0. The van der Waals surface area contributed by atoms with Gasteiger partial charge in [-0.15, -0.1) is 0 Å². The van der Waals surface area contributed by atoms with Crippen molar-refractivity contribution in [2.24, 2.45) is 0 Å². The van der Waals surface area contributed by atoms with Gasteiger partial charge in [-0.3, -0.25) is 0 Å². The van der Waals surface area contributed by atoms with Crippen molar-refractivity contribution in [1.29, 1.82) is 0 Å². The van der Waals surface area contributed by atoms with Gasteiger partial charge in [0.2, 0.25) is 0 Å². The fourth-order valence-electron chi connectivity index (χ4n) is 2.58. The number of aliphatic hydroxyl groups excluding tert-OH is 1. The van der Waals surface area contributed by atoms with E-state index >= 15 is 0 Å². The Morgan fingerprint density at radius 3 is 1.86 bits per heavy atom. The molecular formula is C16H33KO4S. The number of hydrogen-bond donors (Lipinski definition) is 1. The summed E-state index contributed by atoms with van der Waals surface area (Å²) in [4.78, 5) is 0. The van der Waals surface area contributed by atoms with Crippen molar-refractivity contribution >= 4 is 10.1 Å². The zero-order valence-corrected chi connectivity index (χ0v) is 18.7. The molecule has 0 aromatic carbocycles. The van der Waals surface area contributed by atoms with Crippen LogP contribution < -0.4 is 51.4 Å². The molecule has 0 aliphatic rings. The third kappa shape index (κ3) is 15.1. The molecule has 22 heavy (non-hydrogen) atoms. The largest absolute Gasteiger partial charge is 1.00 e. The summed E-state index contributed by atoms with van der Waals surface area (Å²) in [5.41, 5.74) is 0. The zero-order chi connectivity index (χ0) is 16.1. The van der Waals surface area contributed by atoms with Crippen LogP contribution in [0.4, 0.5) is 0 Å². The first-order chi connectivity index (χ1) is 9.91. The molecule has 2 unspecified atom stereocenters. The van der Waals surface area contributed by atoms with Crippen molar-refractivity contribution in [2.45, 2.75) is 102 Å². The van der Waals surface area contributed by atoms with Gasteiger partial charge in [-0.1, -0.05) is 71.6 Å². The number of aliphatic hydroxyl groups is 1. The van der Waals surface area contributed by atoms with Gasteiger partial charge in [-0.05, 0) is 19.3 Å². The first kappa shape index (κ1) is 25.7. The molecule has 0 saturated heterocycles. The minimum atomic E-state index is -4.30. The van der Waals surface area contributed by atoms with Gasteiger partial charge in [0.05, 0.1) is 21.5 Å². The Morgan fingerprint density at radius 2 is 1.32 bits per heavy atom. The smallest absolute Gasteiger partial charge is 0.748 e. The molecule has 1 N–H and O–H groups in total. The van der Waals surface area contributed by atoms with Crippen LogP contribution in [0.1, 0.15) is 90.9 Å². The van der Waals surface area contributed by atoms with Crippen LogP contribution in [-0.2, 0) is 10.1 Å². The van der Waals surface area contributed by atoms with E-state index in [1.165, 1.54) is 19.3 Å². The maximum Gasteiger partial charge on any atom is 1.00 e. The van der Waals surface area contributed by atoms with Crippen LogP contribution in [0.25, 0.3) is 0 Å². The van der Waals surface area contributed by atoms with Gasteiger partial charge < -0.3 is 9.66 Å². The van der Waals surface area contributed by atoms with E-state index in [0.29, 0.717) is 12.8 Å². The van der Waals surface area contributed by atoms with Crippen molar-refractivity contribution in [3.8, 4) is 0 Å². The van der Waals surface area contributed by atoms with E-state index in [4.69, 9.17) is 0 Å². The molecule has 6 heteroatoms. The third-order valence-electron chi connectivity index (χ3n) is 3.96. The van der Waals surface area contributed by atoms with Crippen molar-refractivity contribution in [2.75, 3.05) is 0 Å². The average molecular weight is 361 g/mol. The normalized spacial score (nSPS) is 14.4. The van der Waals surface area contributed by atoms with Crippen LogP contribution in [0.5, 0.6) is 0 Å². The number of hydrogen-bond acceptors (Lipinski definition) is 4. The Kier molecular flexibility index (Phi) is 18.7. The quantitative estimate of drug-likeness (QED) is 0.285. The van der Waals surface area contributed by atoms with E-state index in [-0.39, 0.29) is 57.8 Å². The van der Waals surface area contributed by atoms with E-state index in [0.717, 1.165) is 38.5 Å². The Morgan fingerprint density at radius 1 is 0.864 bits per heavy atom. The van der Waals surface area contributed by atoms with Gasteiger partial charge >= 0.3 is 51.4 Å². The van der Waals surface area contributed by atoms with Crippen LogP contribution in [0.15, 0.2) is 0 Å². The minimum Gasteiger partial charge on any atom is -0.748 e. The zero-order valence-electron chi connectivity index (χ0n) is 14.7. The second-order valence-electron chi connectivity index (χ2n) is 6.06. The Hall–Kier alpha value is 1.51. The van der Waals surface area contributed by atoms with E-state index in [9.17, 15) is 18.1 Å². The maximum absolute atomic E-state index is 11.3. The summed E-state index contributed by atoms with van der Waals surface area (Å²) in [5, 5.41) is 8.96. The van der Waals surface area contributed by atoms with Crippen LogP contribution in [0, 0.1) is 0 Å². The number of unbranched alkanes of at least 4 members (excludes halogenated alkanes) is 7.